The van der Waals surface area contributed by atoms with Gasteiger partial charge in [0.05, 0.1) is 29.2 Å². The minimum absolute atomic E-state index is 0.108. The molecule has 0 spiro atoms. The first-order chi connectivity index (χ1) is 17.0. The quantitative estimate of drug-likeness (QED) is 0.278. The highest BCUT2D eigenvalue weighted by molar-refractivity contribution is 9.10. The van der Waals surface area contributed by atoms with Gasteiger partial charge in [-0.15, -0.1) is 0 Å². The van der Waals surface area contributed by atoms with Crippen LogP contribution in [-0.4, -0.2) is 27.0 Å². The predicted molar refractivity (Wildman–Crippen MR) is 145 cm³/mol. The van der Waals surface area contributed by atoms with Crippen molar-refractivity contribution >= 4 is 38.6 Å². The van der Waals surface area contributed by atoms with Gasteiger partial charge in [-0.2, -0.15) is 0 Å². The van der Waals surface area contributed by atoms with E-state index in [1.54, 1.807) is 15.5 Å². The lowest BCUT2D eigenvalue weighted by Crippen LogP contribution is -2.40. The normalized spacial score (nSPS) is 11.9. The smallest absolute Gasteiger partial charge is 0.315 e. The van der Waals surface area contributed by atoms with Gasteiger partial charge >= 0.3 is 6.03 Å². The van der Waals surface area contributed by atoms with Gasteiger partial charge in [-0.05, 0) is 59.1 Å². The third kappa shape index (κ3) is 5.62. The van der Waals surface area contributed by atoms with Gasteiger partial charge in [-0.25, -0.2) is 9.78 Å². The number of aromatic nitrogens is 2. The van der Waals surface area contributed by atoms with Crippen LogP contribution in [0.1, 0.15) is 44.1 Å². The number of fused-ring (bicyclic) bond motifs is 1. The molecule has 0 saturated carbocycles. The van der Waals surface area contributed by atoms with Crippen LogP contribution in [-0.2, 0) is 6.54 Å². The molecule has 1 aromatic heterocycles. The number of benzene rings is 3. The maximum atomic E-state index is 13.6. The molecule has 0 radical (unpaired) electrons. The Labute approximate surface area is 213 Å². The molecule has 0 bridgehead atoms. The fourth-order valence-electron chi connectivity index (χ4n) is 4.11. The van der Waals surface area contributed by atoms with E-state index in [4.69, 9.17) is 4.98 Å². The van der Waals surface area contributed by atoms with Crippen LogP contribution in [0, 0.1) is 0 Å². The Balaban J connectivity index is 1.77. The monoisotopic (exact) mass is 532 g/mol. The molecular weight excluding hydrogens is 504 g/mol. The van der Waals surface area contributed by atoms with E-state index in [2.05, 4.69) is 28.2 Å². The van der Waals surface area contributed by atoms with Crippen LogP contribution >= 0.6 is 15.9 Å². The molecule has 0 saturated heterocycles. The summed E-state index contributed by atoms with van der Waals surface area (Å²) in [5.74, 6) is 0.566. The van der Waals surface area contributed by atoms with Crippen molar-refractivity contribution in [1.29, 1.82) is 0 Å². The molecule has 6 nitrogen and oxygen atoms in total. The second-order valence-corrected chi connectivity index (χ2v) is 9.35. The molecule has 180 valence electrons. The van der Waals surface area contributed by atoms with Crippen molar-refractivity contribution in [3.63, 3.8) is 0 Å². The first kappa shape index (κ1) is 24.7. The topological polar surface area (TPSA) is 67.2 Å². The maximum absolute atomic E-state index is 13.6. The number of unbranched alkanes of at least 4 members (excludes halogenated alkanes) is 1. The standard InChI is InChI=1S/C28H29BrN4O2/c1-3-4-18-32(28(35)31-25-17-11-9-15-23(25)29)20(2)26-30-24-16-10-8-14-22(24)27(34)33(26)19-21-12-6-5-7-13-21/h5-17,20H,3-4,18-19H2,1-2H3,(H,31,35). The number of rotatable bonds is 8. The summed E-state index contributed by atoms with van der Waals surface area (Å²) in [4.78, 5) is 33.7. The van der Waals surface area contributed by atoms with Crippen molar-refractivity contribution in [2.24, 2.45) is 0 Å². The number of amides is 2. The van der Waals surface area contributed by atoms with Crippen LogP contribution in [0.2, 0.25) is 0 Å². The molecule has 3 aromatic carbocycles. The molecule has 35 heavy (non-hydrogen) atoms. The molecule has 0 aliphatic carbocycles. The average Bonchev–Trinajstić information content (AvgIpc) is 2.87. The van der Waals surface area contributed by atoms with Gasteiger partial charge in [0, 0.05) is 11.0 Å². The molecule has 4 aromatic rings. The van der Waals surface area contributed by atoms with E-state index in [0.29, 0.717) is 35.5 Å². The number of hydrogen-bond donors (Lipinski definition) is 1. The molecule has 1 heterocycles. The number of halogens is 1. The Hall–Kier alpha value is -3.45. The van der Waals surface area contributed by atoms with E-state index in [1.807, 2.05) is 79.7 Å². The van der Waals surface area contributed by atoms with Gasteiger partial charge in [-0.3, -0.25) is 9.36 Å². The summed E-state index contributed by atoms with van der Waals surface area (Å²) in [5, 5.41) is 3.58. The van der Waals surface area contributed by atoms with Crippen LogP contribution in [0.5, 0.6) is 0 Å². The Morgan fingerprint density at radius 3 is 2.46 bits per heavy atom. The molecule has 7 heteroatoms. The summed E-state index contributed by atoms with van der Waals surface area (Å²) < 4.78 is 2.51. The minimum atomic E-state index is -0.426. The van der Waals surface area contributed by atoms with E-state index in [9.17, 15) is 9.59 Å². The van der Waals surface area contributed by atoms with E-state index in [1.165, 1.54) is 0 Å². The highest BCUT2D eigenvalue weighted by atomic mass is 79.9. The van der Waals surface area contributed by atoms with Gasteiger partial charge in [0.25, 0.3) is 5.56 Å². The summed E-state index contributed by atoms with van der Waals surface area (Å²) in [6.07, 6.45) is 1.78. The summed E-state index contributed by atoms with van der Waals surface area (Å²) in [6.45, 7) is 4.95. The molecule has 2 amide bonds. The zero-order chi connectivity index (χ0) is 24.8. The summed E-state index contributed by atoms with van der Waals surface area (Å²) in [7, 11) is 0. The average molecular weight is 533 g/mol. The van der Waals surface area contributed by atoms with Crippen molar-refractivity contribution in [3.8, 4) is 0 Å². The highest BCUT2D eigenvalue weighted by Crippen LogP contribution is 2.25. The van der Waals surface area contributed by atoms with Gasteiger partial charge < -0.3 is 10.2 Å². The predicted octanol–water partition coefficient (Wildman–Crippen LogP) is 6.60. The third-order valence-electron chi connectivity index (χ3n) is 6.04. The number of anilines is 1. The molecule has 1 N–H and O–H groups in total. The lowest BCUT2D eigenvalue weighted by Gasteiger charge is -2.31. The lowest BCUT2D eigenvalue weighted by atomic mass is 10.1. The fraction of sp³-hybridized carbons (Fsp3) is 0.250. The van der Waals surface area contributed by atoms with Crippen molar-refractivity contribution in [1.82, 2.24) is 14.5 Å². The Morgan fingerprint density at radius 1 is 1.03 bits per heavy atom. The van der Waals surface area contributed by atoms with Crippen LogP contribution in [0.25, 0.3) is 10.9 Å². The molecule has 1 atom stereocenters. The minimum Gasteiger partial charge on any atom is -0.315 e. The van der Waals surface area contributed by atoms with E-state index >= 15 is 0 Å². The summed E-state index contributed by atoms with van der Waals surface area (Å²) >= 11 is 3.50. The number of nitrogens with one attached hydrogen (secondary N) is 1. The first-order valence-electron chi connectivity index (χ1n) is 11.8. The van der Waals surface area contributed by atoms with Gasteiger partial charge in [0.15, 0.2) is 0 Å². The molecular formula is C28H29BrN4O2. The van der Waals surface area contributed by atoms with Crippen LogP contribution in [0.4, 0.5) is 10.5 Å². The Bertz CT molecular complexity index is 1370. The van der Waals surface area contributed by atoms with Crippen LogP contribution in [0.3, 0.4) is 0 Å². The van der Waals surface area contributed by atoms with Crippen molar-refractivity contribution in [2.75, 3.05) is 11.9 Å². The summed E-state index contributed by atoms with van der Waals surface area (Å²) in [5.41, 5.74) is 2.21. The van der Waals surface area contributed by atoms with Gasteiger partial charge in [-0.1, -0.05) is 67.9 Å². The number of hydrogen-bond acceptors (Lipinski definition) is 3. The zero-order valence-corrected chi connectivity index (χ0v) is 21.5. The maximum Gasteiger partial charge on any atom is 0.322 e. The van der Waals surface area contributed by atoms with Gasteiger partial charge in [0.1, 0.15) is 5.82 Å². The van der Waals surface area contributed by atoms with Crippen LogP contribution < -0.4 is 10.9 Å². The second-order valence-electron chi connectivity index (χ2n) is 8.50. The molecule has 4 rings (SSSR count). The number of nitrogens with zero attached hydrogens (tertiary/aromatic N) is 3. The third-order valence-corrected chi connectivity index (χ3v) is 6.74. The zero-order valence-electron chi connectivity index (χ0n) is 19.9. The molecule has 1 unspecified atom stereocenters. The molecule has 0 aliphatic heterocycles. The number of urea groups is 1. The molecule has 0 fully saturated rings. The summed E-state index contributed by atoms with van der Waals surface area (Å²) in [6, 6.07) is 24.1. The van der Waals surface area contributed by atoms with Crippen molar-refractivity contribution in [2.45, 2.75) is 39.3 Å². The Kier molecular flexibility index (Phi) is 7.98. The van der Waals surface area contributed by atoms with Crippen molar-refractivity contribution in [3.05, 3.63) is 105 Å². The fourth-order valence-corrected chi connectivity index (χ4v) is 4.50. The van der Waals surface area contributed by atoms with E-state index in [0.717, 1.165) is 22.9 Å². The van der Waals surface area contributed by atoms with E-state index < -0.39 is 6.04 Å². The first-order valence-corrected chi connectivity index (χ1v) is 12.6. The number of carbonyl (C=O) groups is 1. The highest BCUT2D eigenvalue weighted by Gasteiger charge is 2.26. The number of para-hydroxylation sites is 2. The second kappa shape index (κ2) is 11.3. The largest absolute Gasteiger partial charge is 0.322 e. The Morgan fingerprint density at radius 2 is 1.71 bits per heavy atom. The van der Waals surface area contributed by atoms with Gasteiger partial charge in [0.2, 0.25) is 0 Å². The number of carbonyl (C=O) groups excluding carboxylic acids is 1. The van der Waals surface area contributed by atoms with Crippen LogP contribution in [0.15, 0.2) is 88.1 Å². The molecule has 0 aliphatic rings. The SMILES string of the molecule is CCCCN(C(=O)Nc1ccccc1Br)C(C)c1nc2ccccc2c(=O)n1Cc1ccccc1. The lowest BCUT2D eigenvalue weighted by molar-refractivity contribution is 0.187. The van der Waals surface area contributed by atoms with Crippen molar-refractivity contribution < 1.29 is 4.79 Å². The van der Waals surface area contributed by atoms with E-state index in [-0.39, 0.29) is 11.6 Å².